The van der Waals surface area contributed by atoms with Crippen LogP contribution < -0.4 is 10.6 Å². The highest BCUT2D eigenvalue weighted by molar-refractivity contribution is 4.87. The predicted octanol–water partition coefficient (Wildman–Crippen LogP) is 1.39. The minimum atomic E-state index is 0.574. The molecule has 1 saturated heterocycles. The number of nitrogens with one attached hydrogen (secondary N) is 2. The minimum absolute atomic E-state index is 0.574. The molecule has 1 saturated carbocycles. The topological polar surface area (TPSA) is 33.3 Å². The number of rotatable bonds is 6. The summed E-state index contributed by atoms with van der Waals surface area (Å²) < 4.78 is 5.57. The molecule has 0 radical (unpaired) electrons. The zero-order valence-corrected chi connectivity index (χ0v) is 10.7. The van der Waals surface area contributed by atoms with E-state index in [-0.39, 0.29) is 0 Å². The van der Waals surface area contributed by atoms with Crippen LogP contribution >= 0.6 is 0 Å². The summed E-state index contributed by atoms with van der Waals surface area (Å²) in [6, 6.07) is 1.35. The Kier molecular flexibility index (Phi) is 4.62. The number of hydrogen-bond donors (Lipinski definition) is 2. The van der Waals surface area contributed by atoms with Crippen LogP contribution in [0, 0.1) is 11.8 Å². The van der Waals surface area contributed by atoms with Crippen LogP contribution in [0.2, 0.25) is 0 Å². The molecule has 0 aromatic carbocycles. The summed E-state index contributed by atoms with van der Waals surface area (Å²) in [7, 11) is 0. The third kappa shape index (κ3) is 3.19. The molecule has 1 aliphatic heterocycles. The van der Waals surface area contributed by atoms with Crippen molar-refractivity contribution in [3.8, 4) is 0 Å². The van der Waals surface area contributed by atoms with Crippen LogP contribution in [-0.2, 0) is 4.74 Å². The van der Waals surface area contributed by atoms with Gasteiger partial charge in [0.15, 0.2) is 0 Å². The van der Waals surface area contributed by atoms with Crippen molar-refractivity contribution in [1.82, 2.24) is 10.6 Å². The van der Waals surface area contributed by atoms with E-state index in [4.69, 9.17) is 4.74 Å². The zero-order valence-electron chi connectivity index (χ0n) is 10.7. The maximum Gasteiger partial charge on any atom is 0.0623 e. The van der Waals surface area contributed by atoms with E-state index in [1.54, 1.807) is 0 Å². The Hall–Kier alpha value is -0.120. The molecule has 2 atom stereocenters. The third-order valence-electron chi connectivity index (χ3n) is 3.90. The van der Waals surface area contributed by atoms with Crippen LogP contribution in [0.1, 0.15) is 33.1 Å². The molecule has 1 aliphatic carbocycles. The van der Waals surface area contributed by atoms with Gasteiger partial charge in [-0.05, 0) is 31.7 Å². The predicted molar refractivity (Wildman–Crippen MR) is 66.6 cm³/mol. The molecule has 2 unspecified atom stereocenters. The molecule has 1 heterocycles. The Morgan fingerprint density at radius 3 is 2.69 bits per heavy atom. The lowest BCUT2D eigenvalue weighted by Gasteiger charge is -2.34. The molecule has 0 amide bonds. The first-order valence-corrected chi connectivity index (χ1v) is 6.84. The smallest absolute Gasteiger partial charge is 0.0623 e. The van der Waals surface area contributed by atoms with E-state index in [1.165, 1.54) is 19.3 Å². The Bertz CT molecular complexity index is 204. The van der Waals surface area contributed by atoms with Gasteiger partial charge in [0.1, 0.15) is 0 Å². The fraction of sp³-hybridized carbons (Fsp3) is 1.00. The summed E-state index contributed by atoms with van der Waals surface area (Å²) in [5, 5.41) is 7.26. The summed E-state index contributed by atoms with van der Waals surface area (Å²) in [6.45, 7) is 8.61. The quantitative estimate of drug-likeness (QED) is 0.718. The van der Waals surface area contributed by atoms with Gasteiger partial charge in [0.05, 0.1) is 13.2 Å². The van der Waals surface area contributed by atoms with E-state index in [2.05, 4.69) is 24.5 Å². The highest BCUT2D eigenvalue weighted by Gasteiger charge is 2.30. The first-order valence-electron chi connectivity index (χ1n) is 6.84. The van der Waals surface area contributed by atoms with Crippen LogP contribution in [-0.4, -0.2) is 38.4 Å². The number of ether oxygens (including phenoxy) is 1. The standard InChI is InChI=1S/C13H26N2O/c1-3-4-14-13-9-16-8-11(13)7-15-12-5-10(2)6-12/h10-15H,3-9H2,1-2H3. The molecule has 3 heteroatoms. The van der Waals surface area contributed by atoms with Gasteiger partial charge in [0.25, 0.3) is 0 Å². The molecule has 2 aliphatic rings. The zero-order chi connectivity index (χ0) is 11.4. The first kappa shape index (κ1) is 12.3. The van der Waals surface area contributed by atoms with Gasteiger partial charge < -0.3 is 15.4 Å². The highest BCUT2D eigenvalue weighted by Crippen LogP contribution is 2.26. The van der Waals surface area contributed by atoms with E-state index in [9.17, 15) is 0 Å². The van der Waals surface area contributed by atoms with E-state index in [0.29, 0.717) is 12.0 Å². The molecular weight excluding hydrogens is 200 g/mol. The Labute approximate surface area is 99.3 Å². The van der Waals surface area contributed by atoms with Gasteiger partial charge in [-0.15, -0.1) is 0 Å². The van der Waals surface area contributed by atoms with E-state index in [0.717, 1.165) is 38.3 Å². The second kappa shape index (κ2) is 5.99. The summed E-state index contributed by atoms with van der Waals surface area (Å²) in [4.78, 5) is 0. The van der Waals surface area contributed by atoms with Crippen molar-refractivity contribution >= 4 is 0 Å². The molecular formula is C13H26N2O. The summed E-state index contributed by atoms with van der Waals surface area (Å²) in [6.07, 6.45) is 3.93. The first-order chi connectivity index (χ1) is 7.79. The molecule has 94 valence electrons. The molecule has 0 aromatic rings. The maximum atomic E-state index is 5.57. The molecule has 0 bridgehead atoms. The van der Waals surface area contributed by atoms with Gasteiger partial charge in [-0.1, -0.05) is 13.8 Å². The van der Waals surface area contributed by atoms with Crippen molar-refractivity contribution in [3.05, 3.63) is 0 Å². The van der Waals surface area contributed by atoms with Gasteiger partial charge in [0, 0.05) is 24.5 Å². The van der Waals surface area contributed by atoms with Crippen molar-refractivity contribution in [2.75, 3.05) is 26.3 Å². The summed E-state index contributed by atoms with van der Waals surface area (Å²) >= 11 is 0. The normalized spacial score (nSPS) is 38.6. The molecule has 3 nitrogen and oxygen atoms in total. The lowest BCUT2D eigenvalue weighted by Crippen LogP contribution is -2.46. The highest BCUT2D eigenvalue weighted by atomic mass is 16.5. The summed E-state index contributed by atoms with van der Waals surface area (Å²) in [5.74, 6) is 1.61. The second-order valence-electron chi connectivity index (χ2n) is 5.54. The van der Waals surface area contributed by atoms with Crippen LogP contribution in [0.4, 0.5) is 0 Å². The fourth-order valence-corrected chi connectivity index (χ4v) is 2.74. The van der Waals surface area contributed by atoms with Gasteiger partial charge in [-0.25, -0.2) is 0 Å². The second-order valence-corrected chi connectivity index (χ2v) is 5.54. The van der Waals surface area contributed by atoms with Crippen molar-refractivity contribution < 1.29 is 4.74 Å². The van der Waals surface area contributed by atoms with E-state index < -0.39 is 0 Å². The van der Waals surface area contributed by atoms with Crippen LogP contribution in [0.25, 0.3) is 0 Å². The monoisotopic (exact) mass is 226 g/mol. The van der Waals surface area contributed by atoms with Gasteiger partial charge in [-0.2, -0.15) is 0 Å². The van der Waals surface area contributed by atoms with Crippen LogP contribution in [0.5, 0.6) is 0 Å². The van der Waals surface area contributed by atoms with Gasteiger partial charge >= 0.3 is 0 Å². The largest absolute Gasteiger partial charge is 0.379 e. The van der Waals surface area contributed by atoms with Crippen molar-refractivity contribution in [2.45, 2.75) is 45.2 Å². The average molecular weight is 226 g/mol. The van der Waals surface area contributed by atoms with Gasteiger partial charge in [0.2, 0.25) is 0 Å². The van der Waals surface area contributed by atoms with E-state index >= 15 is 0 Å². The van der Waals surface area contributed by atoms with Crippen molar-refractivity contribution in [3.63, 3.8) is 0 Å². The minimum Gasteiger partial charge on any atom is -0.379 e. The van der Waals surface area contributed by atoms with Crippen molar-refractivity contribution in [2.24, 2.45) is 11.8 Å². The molecule has 0 spiro atoms. The Morgan fingerprint density at radius 1 is 1.19 bits per heavy atom. The SMILES string of the molecule is CCCNC1COCC1CNC1CC(C)C1. The molecule has 2 fully saturated rings. The lowest BCUT2D eigenvalue weighted by atomic mass is 9.81. The third-order valence-corrected chi connectivity index (χ3v) is 3.90. The molecule has 2 N–H and O–H groups in total. The van der Waals surface area contributed by atoms with Crippen LogP contribution in [0.3, 0.4) is 0 Å². The van der Waals surface area contributed by atoms with Crippen LogP contribution in [0.15, 0.2) is 0 Å². The molecule has 2 rings (SSSR count). The Morgan fingerprint density at radius 2 is 2.00 bits per heavy atom. The van der Waals surface area contributed by atoms with Gasteiger partial charge in [-0.3, -0.25) is 0 Å². The van der Waals surface area contributed by atoms with E-state index in [1.807, 2.05) is 0 Å². The summed E-state index contributed by atoms with van der Waals surface area (Å²) in [5.41, 5.74) is 0. The fourth-order valence-electron chi connectivity index (χ4n) is 2.74. The average Bonchev–Trinajstić information content (AvgIpc) is 2.67. The maximum absolute atomic E-state index is 5.57. The molecule has 0 aromatic heterocycles. The van der Waals surface area contributed by atoms with Crippen molar-refractivity contribution in [1.29, 1.82) is 0 Å². The molecule has 16 heavy (non-hydrogen) atoms. The Balaban J connectivity index is 1.63. The number of hydrogen-bond acceptors (Lipinski definition) is 3. The lowest BCUT2D eigenvalue weighted by molar-refractivity contribution is 0.177.